The molecule has 0 saturated heterocycles. The number of aromatic nitrogens is 3. The number of hydrogen-bond acceptors (Lipinski definition) is 5. The van der Waals surface area contributed by atoms with Crippen LogP contribution in [0.1, 0.15) is 5.56 Å². The molecular weight excluding hydrogens is 210 g/mol. The zero-order valence-electron chi connectivity index (χ0n) is 8.71. The van der Waals surface area contributed by atoms with Crippen LogP contribution >= 0.6 is 11.3 Å². The summed E-state index contributed by atoms with van der Waals surface area (Å²) in [6.07, 6.45) is 0. The topological polar surface area (TPSA) is 60.0 Å². The van der Waals surface area contributed by atoms with Crippen LogP contribution in [0.3, 0.4) is 0 Å². The van der Waals surface area contributed by atoms with Crippen LogP contribution in [-0.4, -0.2) is 21.8 Å². The van der Waals surface area contributed by atoms with Gasteiger partial charge >= 0.3 is 0 Å². The number of hydrogen-bond donors (Lipinski definition) is 1. The fourth-order valence-electron chi connectivity index (χ4n) is 1.39. The van der Waals surface area contributed by atoms with Gasteiger partial charge in [0.15, 0.2) is 0 Å². The Bertz CT molecular complexity index is 433. The number of anilines is 2. The molecule has 0 radical (unpaired) electrons. The molecule has 0 saturated carbocycles. The highest BCUT2D eigenvalue weighted by Crippen LogP contribution is 2.15. The minimum Gasteiger partial charge on any atom is -0.368 e. The van der Waals surface area contributed by atoms with Crippen molar-refractivity contribution in [2.24, 2.45) is 7.05 Å². The first kappa shape index (κ1) is 9.97. The van der Waals surface area contributed by atoms with Gasteiger partial charge in [0.1, 0.15) is 0 Å². The molecule has 0 aliphatic carbocycles. The predicted octanol–water partition coefficient (Wildman–Crippen LogP) is 1.10. The second-order valence-electron chi connectivity index (χ2n) is 3.40. The minimum atomic E-state index is 0.433. The lowest BCUT2D eigenvalue weighted by molar-refractivity contribution is 0.811. The van der Waals surface area contributed by atoms with E-state index in [4.69, 9.17) is 5.73 Å². The Morgan fingerprint density at radius 1 is 1.53 bits per heavy atom. The largest absolute Gasteiger partial charge is 0.368 e. The Labute approximate surface area is 92.2 Å². The van der Waals surface area contributed by atoms with E-state index in [1.54, 1.807) is 15.9 Å². The van der Waals surface area contributed by atoms with E-state index < -0.39 is 0 Å². The molecule has 0 amide bonds. The van der Waals surface area contributed by atoms with Crippen LogP contribution < -0.4 is 10.6 Å². The number of thiophene rings is 1. The summed E-state index contributed by atoms with van der Waals surface area (Å²) in [5, 5.41) is 12.0. The average Bonchev–Trinajstić information content (AvgIpc) is 2.79. The maximum absolute atomic E-state index is 5.62. The third-order valence-electron chi connectivity index (χ3n) is 2.23. The summed E-state index contributed by atoms with van der Waals surface area (Å²) >= 11 is 1.69. The van der Waals surface area contributed by atoms with Crippen LogP contribution in [0.25, 0.3) is 0 Å². The fourth-order valence-corrected chi connectivity index (χ4v) is 2.05. The van der Waals surface area contributed by atoms with E-state index in [0.717, 1.165) is 12.5 Å². The highest BCUT2D eigenvalue weighted by Gasteiger charge is 2.10. The van der Waals surface area contributed by atoms with Gasteiger partial charge in [-0.25, -0.2) is 0 Å². The molecule has 2 aromatic heterocycles. The number of rotatable bonds is 3. The summed E-state index contributed by atoms with van der Waals surface area (Å²) in [4.78, 5) is 2.02. The molecule has 2 aromatic rings. The maximum Gasteiger partial charge on any atom is 0.228 e. The Hall–Kier alpha value is -1.56. The van der Waals surface area contributed by atoms with Crippen LogP contribution in [0, 0.1) is 0 Å². The van der Waals surface area contributed by atoms with Crippen LogP contribution in [0.4, 0.5) is 11.9 Å². The van der Waals surface area contributed by atoms with Crippen molar-refractivity contribution in [2.45, 2.75) is 6.54 Å². The number of nitrogen functional groups attached to an aromatic ring is 1. The van der Waals surface area contributed by atoms with Crippen molar-refractivity contribution >= 4 is 23.2 Å². The molecule has 0 unspecified atom stereocenters. The van der Waals surface area contributed by atoms with Crippen LogP contribution in [-0.2, 0) is 13.6 Å². The van der Waals surface area contributed by atoms with Crippen molar-refractivity contribution in [1.29, 1.82) is 0 Å². The lowest BCUT2D eigenvalue weighted by Gasteiger charge is -2.16. The molecule has 80 valence electrons. The third-order valence-corrected chi connectivity index (χ3v) is 2.96. The lowest BCUT2D eigenvalue weighted by atomic mass is 10.3. The van der Waals surface area contributed by atoms with Gasteiger partial charge in [-0.1, -0.05) is 0 Å². The highest BCUT2D eigenvalue weighted by molar-refractivity contribution is 7.07. The van der Waals surface area contributed by atoms with Crippen molar-refractivity contribution in [3.05, 3.63) is 22.4 Å². The fraction of sp³-hybridized carbons (Fsp3) is 0.333. The summed E-state index contributed by atoms with van der Waals surface area (Å²) in [5.74, 6) is 1.21. The van der Waals surface area contributed by atoms with Crippen LogP contribution in [0.15, 0.2) is 16.8 Å². The van der Waals surface area contributed by atoms with Crippen molar-refractivity contribution in [1.82, 2.24) is 14.8 Å². The van der Waals surface area contributed by atoms with Crippen molar-refractivity contribution in [2.75, 3.05) is 17.7 Å². The lowest BCUT2D eigenvalue weighted by Crippen LogP contribution is -2.20. The summed E-state index contributed by atoms with van der Waals surface area (Å²) in [6.45, 7) is 0.815. The van der Waals surface area contributed by atoms with Gasteiger partial charge in [-0.3, -0.25) is 4.57 Å². The SMILES string of the molecule is CN(Cc1ccsc1)c1nnc(N)n1C. The van der Waals surface area contributed by atoms with E-state index in [1.165, 1.54) is 5.56 Å². The first-order chi connectivity index (χ1) is 7.18. The standard InChI is InChI=1S/C9H13N5S/c1-13(5-7-3-4-15-6-7)9-12-11-8(10)14(9)2/h3-4,6H,5H2,1-2H3,(H2,10,11). The van der Waals surface area contributed by atoms with Gasteiger partial charge in [-0.2, -0.15) is 11.3 Å². The molecule has 15 heavy (non-hydrogen) atoms. The molecule has 0 spiro atoms. The van der Waals surface area contributed by atoms with Crippen molar-refractivity contribution < 1.29 is 0 Å². The molecule has 0 aromatic carbocycles. The second kappa shape index (κ2) is 3.90. The molecule has 0 fully saturated rings. The molecule has 0 aliphatic heterocycles. The Balaban J connectivity index is 2.14. The highest BCUT2D eigenvalue weighted by atomic mass is 32.1. The molecule has 5 nitrogen and oxygen atoms in total. The van der Waals surface area contributed by atoms with E-state index >= 15 is 0 Å². The minimum absolute atomic E-state index is 0.433. The molecule has 2 N–H and O–H groups in total. The zero-order valence-corrected chi connectivity index (χ0v) is 9.53. The molecule has 2 heterocycles. The van der Waals surface area contributed by atoms with E-state index in [9.17, 15) is 0 Å². The molecule has 2 rings (SSSR count). The quantitative estimate of drug-likeness (QED) is 0.846. The van der Waals surface area contributed by atoms with Gasteiger partial charge in [0.05, 0.1) is 0 Å². The molecular formula is C9H13N5S. The van der Waals surface area contributed by atoms with Gasteiger partial charge in [-0.05, 0) is 22.4 Å². The van der Waals surface area contributed by atoms with Crippen LogP contribution in [0.2, 0.25) is 0 Å². The van der Waals surface area contributed by atoms with E-state index in [2.05, 4.69) is 27.0 Å². The van der Waals surface area contributed by atoms with Gasteiger partial charge < -0.3 is 10.6 Å². The van der Waals surface area contributed by atoms with Crippen molar-refractivity contribution in [3.63, 3.8) is 0 Å². The third kappa shape index (κ3) is 1.94. The first-order valence-corrected chi connectivity index (χ1v) is 5.50. The first-order valence-electron chi connectivity index (χ1n) is 4.55. The molecule has 0 bridgehead atoms. The predicted molar refractivity (Wildman–Crippen MR) is 61.8 cm³/mol. The van der Waals surface area contributed by atoms with Crippen LogP contribution in [0.5, 0.6) is 0 Å². The Kier molecular flexibility index (Phi) is 2.59. The van der Waals surface area contributed by atoms with Gasteiger partial charge in [0.2, 0.25) is 11.9 Å². The number of nitrogens with two attached hydrogens (primary N) is 1. The Morgan fingerprint density at radius 2 is 2.33 bits per heavy atom. The van der Waals surface area contributed by atoms with Gasteiger partial charge in [-0.15, -0.1) is 10.2 Å². The van der Waals surface area contributed by atoms with Gasteiger partial charge in [0, 0.05) is 20.6 Å². The van der Waals surface area contributed by atoms with E-state index in [0.29, 0.717) is 5.95 Å². The summed E-state index contributed by atoms with van der Waals surface area (Å²) < 4.78 is 1.77. The summed E-state index contributed by atoms with van der Waals surface area (Å²) in [5.41, 5.74) is 6.88. The normalized spacial score (nSPS) is 10.5. The second-order valence-corrected chi connectivity index (χ2v) is 4.18. The Morgan fingerprint density at radius 3 is 2.87 bits per heavy atom. The van der Waals surface area contributed by atoms with Gasteiger partial charge in [0.25, 0.3) is 0 Å². The van der Waals surface area contributed by atoms with E-state index in [-0.39, 0.29) is 0 Å². The smallest absolute Gasteiger partial charge is 0.228 e. The maximum atomic E-state index is 5.62. The van der Waals surface area contributed by atoms with Crippen molar-refractivity contribution in [3.8, 4) is 0 Å². The monoisotopic (exact) mass is 223 g/mol. The summed E-state index contributed by atoms with van der Waals surface area (Å²) in [6, 6.07) is 2.10. The molecule has 6 heteroatoms. The van der Waals surface area contributed by atoms with E-state index in [1.807, 2.05) is 19.0 Å². The average molecular weight is 223 g/mol. The number of nitrogens with zero attached hydrogens (tertiary/aromatic N) is 4. The summed E-state index contributed by atoms with van der Waals surface area (Å²) in [7, 11) is 3.83. The molecule has 0 atom stereocenters. The zero-order chi connectivity index (χ0) is 10.8. The molecule has 0 aliphatic rings.